The van der Waals surface area contributed by atoms with Gasteiger partial charge in [0.25, 0.3) is 20.2 Å². The largest absolute Gasteiger partial charge is 0.388 e. The van der Waals surface area contributed by atoms with E-state index < -0.39 is 25.1 Å². The Hall–Kier alpha value is -3.52. The van der Waals surface area contributed by atoms with Crippen LogP contribution in [0.5, 0.6) is 0 Å². The highest BCUT2D eigenvalue weighted by atomic mass is 32.2. The van der Waals surface area contributed by atoms with E-state index in [4.69, 9.17) is 4.55 Å². The highest BCUT2D eigenvalue weighted by Crippen LogP contribution is 2.32. The number of rotatable bonds is 7. The van der Waals surface area contributed by atoms with E-state index in [2.05, 4.69) is 25.8 Å². The minimum absolute atomic E-state index is 0.0916. The molecule has 13 heteroatoms. The molecule has 3 rings (SSSR count). The molecule has 0 heterocycles. The van der Waals surface area contributed by atoms with Gasteiger partial charge in [0.2, 0.25) is 0 Å². The topological polar surface area (TPSA) is 170 Å². The second kappa shape index (κ2) is 9.54. The molecular formula is C20H19N5O6S2. The predicted octanol–water partition coefficient (Wildman–Crippen LogP) is 5.36. The lowest BCUT2D eigenvalue weighted by Crippen LogP contribution is -1.98. The molecule has 0 amide bonds. The van der Waals surface area contributed by atoms with E-state index in [-0.39, 0.29) is 22.0 Å². The van der Waals surface area contributed by atoms with Gasteiger partial charge in [-0.1, -0.05) is 0 Å². The first kappa shape index (κ1) is 24.1. The molecule has 0 aromatic heterocycles. The lowest BCUT2D eigenvalue weighted by atomic mass is 10.2. The zero-order valence-electron chi connectivity index (χ0n) is 17.4. The van der Waals surface area contributed by atoms with Crippen molar-refractivity contribution in [2.75, 3.05) is 12.4 Å². The molecule has 0 unspecified atom stereocenters. The van der Waals surface area contributed by atoms with Gasteiger partial charge in [-0.15, -0.1) is 5.11 Å². The van der Waals surface area contributed by atoms with Gasteiger partial charge in [0.05, 0.1) is 22.0 Å². The summed E-state index contributed by atoms with van der Waals surface area (Å²) in [4.78, 5) is -0.811. The average Bonchev–Trinajstić information content (AvgIpc) is 2.76. The molecule has 3 aromatic carbocycles. The summed E-state index contributed by atoms with van der Waals surface area (Å²) in [5, 5.41) is 18.8. The summed E-state index contributed by atoms with van der Waals surface area (Å²) in [6.07, 6.45) is 0. The van der Waals surface area contributed by atoms with Crippen LogP contribution >= 0.6 is 0 Å². The summed E-state index contributed by atoms with van der Waals surface area (Å²) < 4.78 is 64.5. The zero-order valence-corrected chi connectivity index (χ0v) is 19.0. The number of nitrogens with zero attached hydrogens (tertiary/aromatic N) is 4. The molecule has 0 saturated heterocycles. The van der Waals surface area contributed by atoms with E-state index in [0.717, 1.165) is 29.4 Å². The number of azo groups is 2. The molecule has 0 aliphatic carbocycles. The predicted molar refractivity (Wildman–Crippen MR) is 122 cm³/mol. The molecule has 0 aliphatic heterocycles. The van der Waals surface area contributed by atoms with Crippen LogP contribution in [0.25, 0.3) is 0 Å². The van der Waals surface area contributed by atoms with Gasteiger partial charge >= 0.3 is 0 Å². The Kier molecular flexibility index (Phi) is 6.98. The average molecular weight is 490 g/mol. The molecule has 33 heavy (non-hydrogen) atoms. The highest BCUT2D eigenvalue weighted by Gasteiger charge is 2.17. The Balaban J connectivity index is 1.90. The van der Waals surface area contributed by atoms with Gasteiger partial charge in [-0.25, -0.2) is 0 Å². The minimum Gasteiger partial charge on any atom is -0.388 e. The van der Waals surface area contributed by atoms with Crippen LogP contribution in [0.3, 0.4) is 0 Å². The fourth-order valence-electron chi connectivity index (χ4n) is 2.69. The summed E-state index contributed by atoms with van der Waals surface area (Å²) in [5.74, 6) is 0. The fraction of sp³-hybridized carbons (Fsp3) is 0.100. The van der Waals surface area contributed by atoms with E-state index in [1.54, 1.807) is 19.2 Å². The number of hydrogen-bond acceptors (Lipinski definition) is 9. The monoisotopic (exact) mass is 489 g/mol. The van der Waals surface area contributed by atoms with Crippen LogP contribution in [-0.2, 0) is 20.2 Å². The van der Waals surface area contributed by atoms with Crippen LogP contribution < -0.4 is 5.32 Å². The van der Waals surface area contributed by atoms with Gasteiger partial charge in [-0.05, 0) is 73.2 Å². The van der Waals surface area contributed by atoms with Crippen molar-refractivity contribution in [3.63, 3.8) is 0 Å². The summed E-state index contributed by atoms with van der Waals surface area (Å²) in [6.45, 7) is 1.82. The maximum absolute atomic E-state index is 11.9. The molecule has 11 nitrogen and oxygen atoms in total. The molecule has 172 valence electrons. The van der Waals surface area contributed by atoms with Gasteiger partial charge in [0.1, 0.15) is 10.6 Å². The maximum atomic E-state index is 11.9. The van der Waals surface area contributed by atoms with Crippen molar-refractivity contribution in [3.05, 3.63) is 66.2 Å². The van der Waals surface area contributed by atoms with Gasteiger partial charge < -0.3 is 5.32 Å². The first-order valence-electron chi connectivity index (χ1n) is 9.28. The van der Waals surface area contributed by atoms with E-state index in [9.17, 15) is 21.4 Å². The number of nitrogens with one attached hydrogen (secondary N) is 1. The third kappa shape index (κ3) is 6.26. The Bertz CT molecular complexity index is 1450. The third-order valence-corrected chi connectivity index (χ3v) is 6.14. The Labute approximate surface area is 190 Å². The van der Waals surface area contributed by atoms with E-state index in [1.165, 1.54) is 24.3 Å². The molecular weight excluding hydrogens is 470 g/mol. The SMILES string of the molecule is CNc1ccc(N=Nc2ccc(N=Nc3ccc(S(=O)(=O)O)cc3)cc2S(=O)(=O)O)c(C)c1. The van der Waals surface area contributed by atoms with E-state index >= 15 is 0 Å². The normalized spacial score (nSPS) is 12.5. The number of anilines is 1. The maximum Gasteiger partial charge on any atom is 0.296 e. The van der Waals surface area contributed by atoms with Crippen molar-refractivity contribution in [3.8, 4) is 0 Å². The van der Waals surface area contributed by atoms with Crippen molar-refractivity contribution < 1.29 is 25.9 Å². The summed E-state index contributed by atoms with van der Waals surface area (Å²) in [6, 6.07) is 14.1. The fourth-order valence-corrected chi connectivity index (χ4v) is 3.81. The molecule has 3 aromatic rings. The highest BCUT2D eigenvalue weighted by molar-refractivity contribution is 7.86. The quantitative estimate of drug-likeness (QED) is 0.296. The van der Waals surface area contributed by atoms with Gasteiger partial charge in [0.15, 0.2) is 0 Å². The minimum atomic E-state index is -4.65. The van der Waals surface area contributed by atoms with E-state index in [0.29, 0.717) is 5.69 Å². The standard InChI is InChI=1S/C20H19N5O6S2/c1-13-11-15(21-2)5-9-18(13)24-25-19-10-6-16(12-20(19)33(29,30)31)23-22-14-3-7-17(8-4-14)32(26,27)28/h3-12,21H,1-2H3,(H,26,27,28)(H,29,30,31). The molecule has 3 N–H and O–H groups in total. The number of aryl methyl sites for hydroxylation is 1. The molecule has 0 fully saturated rings. The number of benzene rings is 3. The number of hydrogen-bond donors (Lipinski definition) is 3. The molecule has 0 radical (unpaired) electrons. The lowest BCUT2D eigenvalue weighted by molar-refractivity contribution is 0.481. The van der Waals surface area contributed by atoms with Gasteiger partial charge in [0, 0.05) is 12.7 Å². The molecule has 0 aliphatic rings. The van der Waals surface area contributed by atoms with E-state index in [1.807, 2.05) is 13.0 Å². The second-order valence-corrected chi connectivity index (χ2v) is 9.56. The molecule has 0 bridgehead atoms. The van der Waals surface area contributed by atoms with Gasteiger partial charge in [-0.2, -0.15) is 32.2 Å². The van der Waals surface area contributed by atoms with Crippen LogP contribution in [0, 0.1) is 6.92 Å². The van der Waals surface area contributed by atoms with Crippen LogP contribution in [0.2, 0.25) is 0 Å². The first-order chi connectivity index (χ1) is 15.5. The van der Waals surface area contributed by atoms with Crippen LogP contribution in [0.4, 0.5) is 28.4 Å². The zero-order chi connectivity index (χ0) is 24.2. The lowest BCUT2D eigenvalue weighted by Gasteiger charge is -2.05. The van der Waals surface area contributed by atoms with Gasteiger partial charge in [-0.3, -0.25) is 9.11 Å². The van der Waals surface area contributed by atoms with Crippen molar-refractivity contribution in [1.82, 2.24) is 0 Å². The Morgan fingerprint density at radius 1 is 0.697 bits per heavy atom. The summed E-state index contributed by atoms with van der Waals surface area (Å²) in [5.41, 5.74) is 2.46. The first-order valence-corrected chi connectivity index (χ1v) is 12.2. The molecule has 0 saturated carbocycles. The van der Waals surface area contributed by atoms with Crippen LogP contribution in [0.1, 0.15) is 5.56 Å². The smallest absolute Gasteiger partial charge is 0.296 e. The third-order valence-electron chi connectivity index (χ3n) is 4.39. The van der Waals surface area contributed by atoms with Crippen molar-refractivity contribution >= 4 is 48.7 Å². The Morgan fingerprint density at radius 3 is 1.85 bits per heavy atom. The summed E-state index contributed by atoms with van der Waals surface area (Å²) >= 11 is 0. The van der Waals surface area contributed by atoms with Crippen LogP contribution in [-0.4, -0.2) is 33.0 Å². The Morgan fingerprint density at radius 2 is 1.27 bits per heavy atom. The van der Waals surface area contributed by atoms with Crippen molar-refractivity contribution in [2.24, 2.45) is 20.5 Å². The van der Waals surface area contributed by atoms with Crippen molar-refractivity contribution in [1.29, 1.82) is 0 Å². The second-order valence-electron chi connectivity index (χ2n) is 6.75. The summed E-state index contributed by atoms with van der Waals surface area (Å²) in [7, 11) is -7.20. The van der Waals surface area contributed by atoms with Crippen LogP contribution in [0.15, 0.2) is 90.9 Å². The van der Waals surface area contributed by atoms with Crippen molar-refractivity contribution in [2.45, 2.75) is 16.7 Å². The molecule has 0 spiro atoms. The molecule has 0 atom stereocenters.